The van der Waals surface area contributed by atoms with Crippen LogP contribution in [0.5, 0.6) is 0 Å². The van der Waals surface area contributed by atoms with Gasteiger partial charge in [0.15, 0.2) is 12.4 Å². The third kappa shape index (κ3) is 23.5. The molecule has 0 amide bonds. The van der Waals surface area contributed by atoms with Gasteiger partial charge in [0.2, 0.25) is 0 Å². The summed E-state index contributed by atoms with van der Waals surface area (Å²) in [4.78, 5) is 10.2. The summed E-state index contributed by atoms with van der Waals surface area (Å²) in [5.74, 6) is -0.903. The van der Waals surface area contributed by atoms with Gasteiger partial charge in [0.05, 0.1) is 0 Å². The Balaban J connectivity index is 0.000000679. The minimum atomic E-state index is -0.903. The van der Waals surface area contributed by atoms with Crippen LogP contribution in [0.4, 0.5) is 0 Å². The highest BCUT2D eigenvalue weighted by atomic mass is 16.4. The smallest absolute Gasteiger partial charge is 0.169 e. The molecule has 0 bridgehead atoms. The van der Waals surface area contributed by atoms with Crippen molar-refractivity contribution >= 4 is 12.0 Å². The van der Waals surface area contributed by atoms with Crippen molar-refractivity contribution in [2.45, 2.75) is 149 Å². The SMILES string of the molecule is C=Cc1cc[n+](CCCCCC)cc1.CCCCCCCCCCCCCCCCCC(=O)[O-]. The topological polar surface area (TPSA) is 44.0 Å². The molecule has 0 aromatic carbocycles. The molecule has 0 saturated carbocycles. The Kier molecular flexibility index (Phi) is 24.7. The standard InChI is InChI=1S/C18H36O2.C13H20N/c1-2-3-4-5-6-7-8-9-10-11-12-13-14-15-16-17-18(19)20;1-3-5-6-7-10-14-11-8-13(4-2)9-12-14/h2-17H2,1H3,(H,19,20);4,8-9,11-12H,2-3,5-7,10H2,1H3/q;+1/p-1. The van der Waals surface area contributed by atoms with Gasteiger partial charge in [-0.05, 0) is 24.8 Å². The predicted molar refractivity (Wildman–Crippen MR) is 145 cm³/mol. The summed E-state index contributed by atoms with van der Waals surface area (Å²) in [6.45, 7) is 9.38. The summed E-state index contributed by atoms with van der Waals surface area (Å²) >= 11 is 0. The molecule has 0 atom stereocenters. The number of hydrogen-bond acceptors (Lipinski definition) is 2. The molecule has 0 N–H and O–H groups in total. The number of rotatable bonds is 22. The normalized spacial score (nSPS) is 10.5. The Hall–Kier alpha value is -1.64. The first-order valence-corrected chi connectivity index (χ1v) is 14.4. The fourth-order valence-corrected chi connectivity index (χ4v) is 4.12. The predicted octanol–water partition coefficient (Wildman–Crippen LogP) is 8.20. The van der Waals surface area contributed by atoms with Crippen LogP contribution in [0.2, 0.25) is 0 Å². The van der Waals surface area contributed by atoms with Crippen molar-refractivity contribution < 1.29 is 14.5 Å². The number of carboxylic acid groups (broad SMARTS) is 1. The van der Waals surface area contributed by atoms with Crippen molar-refractivity contribution in [2.24, 2.45) is 0 Å². The maximum absolute atomic E-state index is 10.2. The van der Waals surface area contributed by atoms with Crippen LogP contribution in [0, 0.1) is 0 Å². The zero-order chi connectivity index (χ0) is 25.1. The molecule has 0 saturated heterocycles. The quantitative estimate of drug-likeness (QED) is 0.126. The van der Waals surface area contributed by atoms with E-state index in [1.54, 1.807) is 0 Å². The number of pyridine rings is 1. The van der Waals surface area contributed by atoms with E-state index in [-0.39, 0.29) is 6.42 Å². The van der Waals surface area contributed by atoms with Gasteiger partial charge in [-0.2, -0.15) is 0 Å². The van der Waals surface area contributed by atoms with Crippen LogP contribution < -0.4 is 9.67 Å². The number of nitrogens with zero attached hydrogens (tertiary/aromatic N) is 1. The summed E-state index contributed by atoms with van der Waals surface area (Å²) in [5, 5.41) is 10.2. The van der Waals surface area contributed by atoms with Crippen molar-refractivity contribution in [1.82, 2.24) is 0 Å². The fourth-order valence-electron chi connectivity index (χ4n) is 4.12. The summed E-state index contributed by atoms with van der Waals surface area (Å²) in [7, 11) is 0. The minimum Gasteiger partial charge on any atom is -0.550 e. The molecule has 3 nitrogen and oxygen atoms in total. The second kappa shape index (κ2) is 26.0. The highest BCUT2D eigenvalue weighted by molar-refractivity contribution is 5.64. The van der Waals surface area contributed by atoms with E-state index in [9.17, 15) is 9.90 Å². The number of aryl methyl sites for hydroxylation is 1. The number of carbonyl (C=O) groups excluding carboxylic acids is 1. The van der Waals surface area contributed by atoms with E-state index in [0.29, 0.717) is 0 Å². The lowest BCUT2D eigenvalue weighted by molar-refractivity contribution is -0.697. The summed E-state index contributed by atoms with van der Waals surface area (Å²) < 4.78 is 2.24. The lowest BCUT2D eigenvalue weighted by Crippen LogP contribution is -2.32. The number of aromatic nitrogens is 1. The van der Waals surface area contributed by atoms with Gasteiger partial charge in [0.25, 0.3) is 0 Å². The Morgan fingerprint density at radius 1 is 0.706 bits per heavy atom. The van der Waals surface area contributed by atoms with E-state index in [1.165, 1.54) is 115 Å². The molecule has 1 aromatic heterocycles. The number of carbonyl (C=O) groups is 1. The zero-order valence-electron chi connectivity index (χ0n) is 22.7. The van der Waals surface area contributed by atoms with Gasteiger partial charge in [0.1, 0.15) is 6.54 Å². The molecule has 0 unspecified atom stereocenters. The van der Waals surface area contributed by atoms with Gasteiger partial charge in [0, 0.05) is 24.5 Å². The van der Waals surface area contributed by atoms with Crippen molar-refractivity contribution in [3.63, 3.8) is 0 Å². The molecular weight excluding hydrogens is 418 g/mol. The molecule has 3 heteroatoms. The van der Waals surface area contributed by atoms with Gasteiger partial charge in [-0.15, -0.1) is 0 Å². The molecule has 0 aliphatic heterocycles. The third-order valence-corrected chi connectivity index (χ3v) is 6.41. The molecule has 0 spiro atoms. The van der Waals surface area contributed by atoms with E-state index in [4.69, 9.17) is 0 Å². The average molecular weight is 474 g/mol. The lowest BCUT2D eigenvalue weighted by atomic mass is 10.0. The Morgan fingerprint density at radius 2 is 1.09 bits per heavy atom. The van der Waals surface area contributed by atoms with Crippen molar-refractivity contribution in [2.75, 3.05) is 0 Å². The van der Waals surface area contributed by atoms with Gasteiger partial charge in [-0.25, -0.2) is 4.57 Å². The van der Waals surface area contributed by atoms with E-state index >= 15 is 0 Å². The number of hydrogen-bond donors (Lipinski definition) is 0. The molecule has 0 aliphatic carbocycles. The first kappa shape index (κ1) is 32.4. The average Bonchev–Trinajstić information content (AvgIpc) is 2.85. The maximum Gasteiger partial charge on any atom is 0.169 e. The van der Waals surface area contributed by atoms with Crippen LogP contribution in [-0.4, -0.2) is 5.97 Å². The molecule has 1 aromatic rings. The van der Waals surface area contributed by atoms with Crippen LogP contribution in [0.3, 0.4) is 0 Å². The molecular formula is C31H55NO2. The van der Waals surface area contributed by atoms with Crippen LogP contribution in [0.25, 0.3) is 6.08 Å². The van der Waals surface area contributed by atoms with E-state index in [0.717, 1.165) is 19.4 Å². The first-order chi connectivity index (χ1) is 16.6. The molecule has 196 valence electrons. The maximum atomic E-state index is 10.2. The van der Waals surface area contributed by atoms with Crippen LogP contribution in [0.15, 0.2) is 31.1 Å². The first-order valence-electron chi connectivity index (χ1n) is 14.4. The summed E-state index contributed by atoms with van der Waals surface area (Å²) in [6, 6.07) is 4.21. The lowest BCUT2D eigenvalue weighted by Gasteiger charge is -2.04. The van der Waals surface area contributed by atoms with Crippen molar-refractivity contribution in [3.8, 4) is 0 Å². The van der Waals surface area contributed by atoms with E-state index in [1.807, 2.05) is 6.08 Å². The van der Waals surface area contributed by atoms with Gasteiger partial charge >= 0.3 is 0 Å². The second-order valence-corrected chi connectivity index (χ2v) is 9.71. The highest BCUT2D eigenvalue weighted by Gasteiger charge is 1.98. The van der Waals surface area contributed by atoms with Crippen LogP contribution in [-0.2, 0) is 11.3 Å². The molecule has 0 radical (unpaired) electrons. The highest BCUT2D eigenvalue weighted by Crippen LogP contribution is 2.13. The third-order valence-electron chi connectivity index (χ3n) is 6.41. The zero-order valence-corrected chi connectivity index (χ0v) is 22.7. The van der Waals surface area contributed by atoms with Crippen LogP contribution >= 0.6 is 0 Å². The van der Waals surface area contributed by atoms with Gasteiger partial charge < -0.3 is 9.90 Å². The summed E-state index contributed by atoms with van der Waals surface area (Å²) in [5.41, 5.74) is 1.19. The summed E-state index contributed by atoms with van der Waals surface area (Å²) in [6.07, 6.45) is 31.3. The van der Waals surface area contributed by atoms with Gasteiger partial charge in [-0.3, -0.25) is 0 Å². The molecule has 1 heterocycles. The fraction of sp³-hybridized carbons (Fsp3) is 0.742. The molecule has 0 aliphatic rings. The Morgan fingerprint density at radius 3 is 1.47 bits per heavy atom. The molecule has 34 heavy (non-hydrogen) atoms. The number of aliphatic carboxylic acids is 1. The molecule has 1 rings (SSSR count). The number of unbranched alkanes of at least 4 members (excludes halogenated alkanes) is 17. The number of carboxylic acids is 1. The molecule has 0 fully saturated rings. The van der Waals surface area contributed by atoms with Gasteiger partial charge in [-0.1, -0.05) is 129 Å². The monoisotopic (exact) mass is 473 g/mol. The Labute approximate surface area is 212 Å². The van der Waals surface area contributed by atoms with E-state index in [2.05, 4.69) is 49.5 Å². The largest absolute Gasteiger partial charge is 0.550 e. The van der Waals surface area contributed by atoms with Crippen LogP contribution in [0.1, 0.15) is 148 Å². The second-order valence-electron chi connectivity index (χ2n) is 9.71. The Bertz CT molecular complexity index is 567. The van der Waals surface area contributed by atoms with Crippen molar-refractivity contribution in [1.29, 1.82) is 0 Å². The van der Waals surface area contributed by atoms with E-state index < -0.39 is 5.97 Å². The minimum absolute atomic E-state index is 0.234. The van der Waals surface area contributed by atoms with Crippen molar-refractivity contribution in [3.05, 3.63) is 36.7 Å².